The number of carbonyl (C=O) groups is 1. The van der Waals surface area contributed by atoms with E-state index in [1.54, 1.807) is 6.26 Å². The van der Waals surface area contributed by atoms with Gasteiger partial charge < -0.3 is 14.3 Å². The lowest BCUT2D eigenvalue weighted by atomic mass is 10.0. The van der Waals surface area contributed by atoms with Crippen LogP contribution in [-0.4, -0.2) is 35.2 Å². The van der Waals surface area contributed by atoms with Gasteiger partial charge in [0.25, 0.3) is 0 Å². The summed E-state index contributed by atoms with van der Waals surface area (Å²) in [5, 5.41) is 9.55. The van der Waals surface area contributed by atoms with E-state index in [0.29, 0.717) is 13.0 Å². The lowest BCUT2D eigenvalue weighted by Gasteiger charge is -2.31. The van der Waals surface area contributed by atoms with Crippen molar-refractivity contribution in [2.24, 2.45) is 0 Å². The van der Waals surface area contributed by atoms with Crippen molar-refractivity contribution in [1.82, 2.24) is 4.90 Å². The van der Waals surface area contributed by atoms with E-state index in [1.807, 2.05) is 48.2 Å². The minimum Gasteiger partial charge on any atom is -0.494 e. The standard InChI is InChI=1S/C18H21NO4/c1-2-22-15-9-4-3-7-13(15)17(16-10-6-12-23-16)19-11-5-8-14(19)18(20)21/h3-4,6-7,9-10,12,14,17H,2,5,8,11H2,1H3,(H,20,21). The van der Waals surface area contributed by atoms with E-state index in [4.69, 9.17) is 9.15 Å². The zero-order valence-electron chi connectivity index (χ0n) is 13.1. The van der Waals surface area contributed by atoms with E-state index in [0.717, 1.165) is 30.0 Å². The SMILES string of the molecule is CCOc1ccccc1C(c1ccco1)N1CCCC1C(=O)O. The third kappa shape index (κ3) is 3.10. The molecule has 0 saturated carbocycles. The molecule has 1 aromatic carbocycles. The van der Waals surface area contributed by atoms with Crippen LogP contribution in [0.4, 0.5) is 0 Å². The molecule has 2 aromatic rings. The van der Waals surface area contributed by atoms with Crippen LogP contribution in [0.2, 0.25) is 0 Å². The van der Waals surface area contributed by atoms with Crippen molar-refractivity contribution in [3.05, 3.63) is 54.0 Å². The first-order valence-electron chi connectivity index (χ1n) is 7.96. The first-order valence-corrected chi connectivity index (χ1v) is 7.96. The largest absolute Gasteiger partial charge is 0.494 e. The molecule has 1 N–H and O–H groups in total. The quantitative estimate of drug-likeness (QED) is 0.886. The van der Waals surface area contributed by atoms with Crippen molar-refractivity contribution in [2.75, 3.05) is 13.2 Å². The Hall–Kier alpha value is -2.27. The van der Waals surface area contributed by atoms with Crippen LogP contribution in [0.15, 0.2) is 47.1 Å². The lowest BCUT2D eigenvalue weighted by Crippen LogP contribution is -2.39. The summed E-state index contributed by atoms with van der Waals surface area (Å²) < 4.78 is 11.4. The van der Waals surface area contributed by atoms with Gasteiger partial charge in [-0.1, -0.05) is 18.2 Å². The zero-order chi connectivity index (χ0) is 16.2. The van der Waals surface area contributed by atoms with Crippen LogP contribution >= 0.6 is 0 Å². The molecule has 0 aliphatic carbocycles. The number of ether oxygens (including phenoxy) is 1. The average molecular weight is 315 g/mol. The molecule has 23 heavy (non-hydrogen) atoms. The van der Waals surface area contributed by atoms with Crippen LogP contribution in [0.1, 0.15) is 37.1 Å². The highest BCUT2D eigenvalue weighted by molar-refractivity contribution is 5.74. The third-order valence-corrected chi connectivity index (χ3v) is 4.24. The number of benzene rings is 1. The van der Waals surface area contributed by atoms with Crippen molar-refractivity contribution in [2.45, 2.75) is 31.8 Å². The number of furan rings is 1. The van der Waals surface area contributed by atoms with Crippen molar-refractivity contribution >= 4 is 5.97 Å². The summed E-state index contributed by atoms with van der Waals surface area (Å²) in [6.45, 7) is 3.22. The second-order valence-electron chi connectivity index (χ2n) is 5.62. The molecule has 2 unspecified atom stereocenters. The fraction of sp³-hybridized carbons (Fsp3) is 0.389. The summed E-state index contributed by atoms with van der Waals surface area (Å²) in [5.41, 5.74) is 0.942. The number of para-hydroxylation sites is 1. The number of likely N-dealkylation sites (tertiary alicyclic amines) is 1. The molecule has 5 nitrogen and oxygen atoms in total. The van der Waals surface area contributed by atoms with Crippen molar-refractivity contribution in [3.8, 4) is 5.75 Å². The number of nitrogens with zero attached hydrogens (tertiary/aromatic N) is 1. The molecule has 1 aromatic heterocycles. The van der Waals surface area contributed by atoms with E-state index < -0.39 is 12.0 Å². The van der Waals surface area contributed by atoms with E-state index >= 15 is 0 Å². The number of aliphatic carboxylic acids is 1. The number of hydrogen-bond donors (Lipinski definition) is 1. The fourth-order valence-electron chi connectivity index (χ4n) is 3.30. The molecule has 2 heterocycles. The van der Waals surface area contributed by atoms with E-state index in [1.165, 1.54) is 0 Å². The maximum absolute atomic E-state index is 11.6. The zero-order valence-corrected chi connectivity index (χ0v) is 13.1. The number of carboxylic acids is 1. The molecular weight excluding hydrogens is 294 g/mol. The predicted molar refractivity (Wildman–Crippen MR) is 85.5 cm³/mol. The molecule has 5 heteroatoms. The van der Waals surface area contributed by atoms with Gasteiger partial charge in [-0.3, -0.25) is 9.69 Å². The van der Waals surface area contributed by atoms with Crippen molar-refractivity contribution in [1.29, 1.82) is 0 Å². The Morgan fingerprint density at radius 2 is 2.22 bits per heavy atom. The summed E-state index contributed by atoms with van der Waals surface area (Å²) in [6, 6.07) is 10.7. The lowest BCUT2D eigenvalue weighted by molar-refractivity contribution is -0.142. The summed E-state index contributed by atoms with van der Waals surface area (Å²) in [7, 11) is 0. The second-order valence-corrected chi connectivity index (χ2v) is 5.62. The second kappa shape index (κ2) is 6.87. The summed E-state index contributed by atoms with van der Waals surface area (Å²) >= 11 is 0. The Kier molecular flexibility index (Phi) is 4.67. The summed E-state index contributed by atoms with van der Waals surface area (Å²) in [5.74, 6) is 0.727. The first kappa shape index (κ1) is 15.6. The monoisotopic (exact) mass is 315 g/mol. The molecule has 1 fully saturated rings. The molecule has 0 amide bonds. The van der Waals surface area contributed by atoms with Gasteiger partial charge in [0.1, 0.15) is 17.6 Å². The maximum Gasteiger partial charge on any atom is 0.320 e. The average Bonchev–Trinajstić information content (AvgIpc) is 3.21. The highest BCUT2D eigenvalue weighted by Crippen LogP contribution is 2.39. The predicted octanol–water partition coefficient (Wildman–Crippen LogP) is 3.32. The summed E-state index contributed by atoms with van der Waals surface area (Å²) in [6.07, 6.45) is 3.14. The summed E-state index contributed by atoms with van der Waals surface area (Å²) in [4.78, 5) is 13.6. The minimum absolute atomic E-state index is 0.253. The molecule has 0 radical (unpaired) electrons. The molecule has 1 aliphatic heterocycles. The van der Waals surface area contributed by atoms with Crippen molar-refractivity contribution < 1.29 is 19.1 Å². The Morgan fingerprint density at radius 1 is 1.39 bits per heavy atom. The Bertz CT molecular complexity index is 653. The normalized spacial score (nSPS) is 19.6. The van der Waals surface area contributed by atoms with Gasteiger partial charge in [0.15, 0.2) is 0 Å². The van der Waals surface area contributed by atoms with Crippen LogP contribution < -0.4 is 4.74 Å². The molecule has 1 saturated heterocycles. The van der Waals surface area contributed by atoms with Gasteiger partial charge in [-0.2, -0.15) is 0 Å². The van der Waals surface area contributed by atoms with Crippen LogP contribution in [0, 0.1) is 0 Å². The first-order chi connectivity index (χ1) is 11.2. The van der Waals surface area contributed by atoms with Gasteiger partial charge in [-0.15, -0.1) is 0 Å². The van der Waals surface area contributed by atoms with Gasteiger partial charge in [-0.25, -0.2) is 0 Å². The molecule has 0 bridgehead atoms. The Balaban J connectivity index is 2.05. The number of carboxylic acid groups (broad SMARTS) is 1. The Morgan fingerprint density at radius 3 is 2.91 bits per heavy atom. The smallest absolute Gasteiger partial charge is 0.320 e. The molecular formula is C18H21NO4. The molecule has 0 spiro atoms. The van der Waals surface area contributed by atoms with Gasteiger partial charge in [0.2, 0.25) is 0 Å². The van der Waals surface area contributed by atoms with Crippen LogP contribution in [0.3, 0.4) is 0 Å². The minimum atomic E-state index is -0.784. The fourth-order valence-corrected chi connectivity index (χ4v) is 3.30. The van der Waals surface area contributed by atoms with Gasteiger partial charge >= 0.3 is 5.97 Å². The number of hydrogen-bond acceptors (Lipinski definition) is 4. The van der Waals surface area contributed by atoms with E-state index in [2.05, 4.69) is 0 Å². The molecule has 1 aliphatic rings. The molecule has 2 atom stereocenters. The van der Waals surface area contributed by atoms with Gasteiger partial charge in [0.05, 0.1) is 18.9 Å². The molecule has 3 rings (SSSR count). The van der Waals surface area contributed by atoms with Crippen molar-refractivity contribution in [3.63, 3.8) is 0 Å². The van der Waals surface area contributed by atoms with Gasteiger partial charge in [0, 0.05) is 12.1 Å². The highest BCUT2D eigenvalue weighted by Gasteiger charge is 2.39. The van der Waals surface area contributed by atoms with E-state index in [9.17, 15) is 9.90 Å². The highest BCUT2D eigenvalue weighted by atomic mass is 16.5. The Labute approximate surface area is 135 Å². The van der Waals surface area contributed by atoms with Crippen LogP contribution in [0.5, 0.6) is 5.75 Å². The van der Waals surface area contributed by atoms with Crippen LogP contribution in [0.25, 0.3) is 0 Å². The maximum atomic E-state index is 11.6. The number of rotatable bonds is 6. The third-order valence-electron chi connectivity index (χ3n) is 4.24. The van der Waals surface area contributed by atoms with Gasteiger partial charge in [-0.05, 0) is 38.0 Å². The molecule has 122 valence electrons. The topological polar surface area (TPSA) is 62.9 Å². The van der Waals surface area contributed by atoms with E-state index in [-0.39, 0.29) is 6.04 Å². The van der Waals surface area contributed by atoms with Crippen LogP contribution in [-0.2, 0) is 4.79 Å².